The largest absolute Gasteiger partial charge is 0.479 e. The molecule has 0 aliphatic rings. The van der Waals surface area contributed by atoms with Crippen LogP contribution in [0.4, 0.5) is 0 Å². The summed E-state index contributed by atoms with van der Waals surface area (Å²) in [6, 6.07) is 10.3. The first-order valence-corrected chi connectivity index (χ1v) is 6.66. The zero-order valence-corrected chi connectivity index (χ0v) is 11.9. The number of hydrogen-bond donors (Lipinski definition) is 1. The predicted octanol–water partition coefficient (Wildman–Crippen LogP) is 2.55. The summed E-state index contributed by atoms with van der Waals surface area (Å²) in [5, 5.41) is 3.29. The topological polar surface area (TPSA) is 51.2 Å². The highest BCUT2D eigenvalue weighted by Gasteiger charge is 2.02. The van der Waals surface area contributed by atoms with E-state index in [0.29, 0.717) is 16.3 Å². The van der Waals surface area contributed by atoms with Crippen LogP contribution in [0, 0.1) is 11.8 Å². The Morgan fingerprint density at radius 3 is 2.76 bits per heavy atom. The SMILES string of the molecule is O=C(NCC#CCOc1cccnc1)c1ccc(Cl)cc1. The maximum absolute atomic E-state index is 11.7. The van der Waals surface area contributed by atoms with Gasteiger partial charge in [0.2, 0.25) is 0 Å². The molecule has 2 rings (SSSR count). The van der Waals surface area contributed by atoms with Crippen molar-refractivity contribution >= 4 is 17.5 Å². The lowest BCUT2D eigenvalue weighted by molar-refractivity contribution is 0.0958. The zero-order chi connectivity index (χ0) is 14.9. The third-order valence-electron chi connectivity index (χ3n) is 2.51. The Labute approximate surface area is 128 Å². The van der Waals surface area contributed by atoms with Gasteiger partial charge in [0, 0.05) is 16.8 Å². The van der Waals surface area contributed by atoms with Crippen LogP contribution in [-0.2, 0) is 0 Å². The van der Waals surface area contributed by atoms with E-state index in [0.717, 1.165) is 0 Å². The van der Waals surface area contributed by atoms with Crippen LogP contribution in [0.3, 0.4) is 0 Å². The molecule has 1 amide bonds. The second-order valence-electron chi connectivity index (χ2n) is 4.02. The Balaban J connectivity index is 1.71. The van der Waals surface area contributed by atoms with Crippen molar-refractivity contribution in [3.8, 4) is 17.6 Å². The Morgan fingerprint density at radius 1 is 1.24 bits per heavy atom. The highest BCUT2D eigenvalue weighted by molar-refractivity contribution is 6.30. The number of carbonyl (C=O) groups excluding carboxylic acids is 1. The smallest absolute Gasteiger partial charge is 0.252 e. The highest BCUT2D eigenvalue weighted by Crippen LogP contribution is 2.09. The number of amides is 1. The molecule has 0 atom stereocenters. The van der Waals surface area contributed by atoms with E-state index in [4.69, 9.17) is 16.3 Å². The number of pyridine rings is 1. The van der Waals surface area contributed by atoms with Crippen LogP contribution in [0.2, 0.25) is 5.02 Å². The maximum Gasteiger partial charge on any atom is 0.252 e. The molecule has 4 nitrogen and oxygen atoms in total. The minimum atomic E-state index is -0.186. The van der Waals surface area contributed by atoms with Crippen molar-refractivity contribution in [3.63, 3.8) is 0 Å². The van der Waals surface area contributed by atoms with Crippen LogP contribution >= 0.6 is 11.6 Å². The molecule has 1 aromatic carbocycles. The number of aromatic nitrogens is 1. The van der Waals surface area contributed by atoms with Gasteiger partial charge in [0.25, 0.3) is 5.91 Å². The van der Waals surface area contributed by atoms with Gasteiger partial charge in [-0.1, -0.05) is 23.4 Å². The number of benzene rings is 1. The number of halogens is 1. The van der Waals surface area contributed by atoms with Crippen molar-refractivity contribution in [1.82, 2.24) is 10.3 Å². The Bertz CT molecular complexity index is 645. The summed E-state index contributed by atoms with van der Waals surface area (Å²) in [7, 11) is 0. The molecule has 2 aromatic rings. The number of nitrogens with one attached hydrogen (secondary N) is 1. The van der Waals surface area contributed by atoms with E-state index in [-0.39, 0.29) is 19.1 Å². The summed E-state index contributed by atoms with van der Waals surface area (Å²) in [6.45, 7) is 0.514. The lowest BCUT2D eigenvalue weighted by Crippen LogP contribution is -2.23. The molecule has 0 bridgehead atoms. The fourth-order valence-corrected chi connectivity index (χ4v) is 1.62. The van der Waals surface area contributed by atoms with Crippen molar-refractivity contribution in [2.45, 2.75) is 0 Å². The van der Waals surface area contributed by atoms with E-state index < -0.39 is 0 Å². The number of hydrogen-bond acceptors (Lipinski definition) is 3. The van der Waals surface area contributed by atoms with Gasteiger partial charge >= 0.3 is 0 Å². The zero-order valence-electron chi connectivity index (χ0n) is 11.2. The summed E-state index contributed by atoms with van der Waals surface area (Å²) in [6.07, 6.45) is 3.29. The third-order valence-corrected chi connectivity index (χ3v) is 2.77. The molecule has 0 aliphatic carbocycles. The van der Waals surface area contributed by atoms with Gasteiger partial charge in [-0.25, -0.2) is 0 Å². The third kappa shape index (κ3) is 5.17. The van der Waals surface area contributed by atoms with Crippen molar-refractivity contribution in [1.29, 1.82) is 0 Å². The van der Waals surface area contributed by atoms with E-state index in [2.05, 4.69) is 22.1 Å². The maximum atomic E-state index is 11.7. The van der Waals surface area contributed by atoms with Crippen LogP contribution in [0.1, 0.15) is 10.4 Å². The van der Waals surface area contributed by atoms with Gasteiger partial charge in [-0.15, -0.1) is 0 Å². The van der Waals surface area contributed by atoms with Gasteiger partial charge in [0.05, 0.1) is 12.7 Å². The van der Waals surface area contributed by atoms with E-state index in [1.165, 1.54) is 0 Å². The second-order valence-corrected chi connectivity index (χ2v) is 4.46. The first kappa shape index (κ1) is 14.9. The molecule has 0 saturated heterocycles. The Hall–Kier alpha value is -2.51. The van der Waals surface area contributed by atoms with E-state index in [1.54, 1.807) is 48.8 Å². The predicted molar refractivity (Wildman–Crippen MR) is 81.3 cm³/mol. The van der Waals surface area contributed by atoms with Crippen molar-refractivity contribution < 1.29 is 9.53 Å². The normalized spacial score (nSPS) is 9.38. The summed E-state index contributed by atoms with van der Waals surface area (Å²) in [4.78, 5) is 15.7. The molecule has 1 heterocycles. The van der Waals surface area contributed by atoms with Gasteiger partial charge in [-0.2, -0.15) is 0 Å². The molecular weight excluding hydrogens is 288 g/mol. The molecule has 106 valence electrons. The summed E-state index contributed by atoms with van der Waals surface area (Å²) in [5.41, 5.74) is 0.549. The Morgan fingerprint density at radius 2 is 2.05 bits per heavy atom. The minimum Gasteiger partial charge on any atom is -0.479 e. The number of rotatable bonds is 4. The molecule has 0 saturated carbocycles. The van der Waals surface area contributed by atoms with Gasteiger partial charge in [-0.3, -0.25) is 9.78 Å². The van der Waals surface area contributed by atoms with Gasteiger partial charge in [0.15, 0.2) is 0 Å². The quantitative estimate of drug-likeness (QED) is 0.883. The van der Waals surface area contributed by atoms with E-state index >= 15 is 0 Å². The average Bonchev–Trinajstić information content (AvgIpc) is 2.52. The first-order valence-electron chi connectivity index (χ1n) is 6.28. The van der Waals surface area contributed by atoms with Crippen LogP contribution in [0.25, 0.3) is 0 Å². The molecule has 0 unspecified atom stereocenters. The molecule has 21 heavy (non-hydrogen) atoms. The molecule has 5 heteroatoms. The monoisotopic (exact) mass is 300 g/mol. The molecule has 1 N–H and O–H groups in total. The van der Waals surface area contributed by atoms with Gasteiger partial charge < -0.3 is 10.1 Å². The van der Waals surface area contributed by atoms with Crippen molar-refractivity contribution in [2.75, 3.05) is 13.2 Å². The van der Waals surface area contributed by atoms with Crippen LogP contribution in [0.5, 0.6) is 5.75 Å². The number of ether oxygens (including phenoxy) is 1. The van der Waals surface area contributed by atoms with E-state index in [1.807, 2.05) is 0 Å². The fraction of sp³-hybridized carbons (Fsp3) is 0.125. The molecule has 0 radical (unpaired) electrons. The summed E-state index contributed by atoms with van der Waals surface area (Å²) in [5.74, 6) is 6.11. The van der Waals surface area contributed by atoms with E-state index in [9.17, 15) is 4.79 Å². The molecular formula is C16H13ClN2O2. The number of carbonyl (C=O) groups is 1. The Kier molecular flexibility index (Phi) is 5.62. The molecule has 0 aliphatic heterocycles. The first-order chi connectivity index (χ1) is 10.3. The van der Waals surface area contributed by atoms with Crippen molar-refractivity contribution in [2.24, 2.45) is 0 Å². The lowest BCUT2D eigenvalue weighted by Gasteiger charge is -2.01. The fourth-order valence-electron chi connectivity index (χ4n) is 1.49. The van der Waals surface area contributed by atoms with Crippen LogP contribution in [-0.4, -0.2) is 24.0 Å². The van der Waals surface area contributed by atoms with Gasteiger partial charge in [-0.05, 0) is 36.4 Å². The summed E-state index contributed by atoms with van der Waals surface area (Å²) < 4.78 is 5.35. The molecule has 0 fully saturated rings. The number of nitrogens with zero attached hydrogens (tertiary/aromatic N) is 1. The van der Waals surface area contributed by atoms with Crippen LogP contribution < -0.4 is 10.1 Å². The van der Waals surface area contributed by atoms with Crippen molar-refractivity contribution in [3.05, 3.63) is 59.4 Å². The average molecular weight is 301 g/mol. The highest BCUT2D eigenvalue weighted by atomic mass is 35.5. The lowest BCUT2D eigenvalue weighted by atomic mass is 10.2. The molecule has 1 aromatic heterocycles. The molecule has 0 spiro atoms. The second kappa shape index (κ2) is 7.93. The standard InChI is InChI=1S/C16H13ClN2O2/c17-14-7-5-13(6-8-14)16(20)19-10-1-2-11-21-15-4-3-9-18-12-15/h3-9,12H,10-11H2,(H,19,20). The minimum absolute atomic E-state index is 0.186. The van der Waals surface area contributed by atoms with Crippen LogP contribution in [0.15, 0.2) is 48.8 Å². The summed E-state index contributed by atoms with van der Waals surface area (Å²) >= 11 is 5.76. The van der Waals surface area contributed by atoms with Gasteiger partial charge in [0.1, 0.15) is 12.4 Å².